The minimum Gasteiger partial charge on any atom is -0.475 e. The minimum atomic E-state index is -5.08. The molecular weight excluding hydrogens is 548 g/mol. The largest absolute Gasteiger partial charge is 0.490 e. The Morgan fingerprint density at radius 3 is 2.21 bits per heavy atom. The Kier molecular flexibility index (Phi) is 11.4. The van der Waals surface area contributed by atoms with Gasteiger partial charge in [-0.15, -0.1) is 11.3 Å². The molecule has 4 heterocycles. The smallest absolute Gasteiger partial charge is 0.475 e. The number of rotatable bonds is 5. The third-order valence-electron chi connectivity index (χ3n) is 5.47. The maximum absolute atomic E-state index is 10.6. The molecule has 38 heavy (non-hydrogen) atoms. The predicted octanol–water partition coefficient (Wildman–Crippen LogP) is 4.06. The third-order valence-corrected chi connectivity index (χ3v) is 6.39. The summed E-state index contributed by atoms with van der Waals surface area (Å²) in [6, 6.07) is 4.47. The SMILES string of the molecule is Cc1ncsc1CN1C[C@@H](OCc2ccncc2)[C@H]2OCCC[C@H]21.O=C(O)C(F)(F)F.O=C(O)C(F)(F)F. The number of thiazole rings is 1. The highest BCUT2D eigenvalue weighted by molar-refractivity contribution is 7.09. The summed E-state index contributed by atoms with van der Waals surface area (Å²) in [5.74, 6) is -5.51. The van der Waals surface area contributed by atoms with E-state index < -0.39 is 24.3 Å². The lowest BCUT2D eigenvalue weighted by atomic mass is 10.0. The normalized spacial score (nSPS) is 21.4. The molecule has 212 valence electrons. The summed E-state index contributed by atoms with van der Waals surface area (Å²) in [4.78, 5) is 30.1. The first kappa shape index (κ1) is 31.4. The minimum absolute atomic E-state index is 0.136. The van der Waals surface area contributed by atoms with Gasteiger partial charge in [0.1, 0.15) is 6.10 Å². The van der Waals surface area contributed by atoms with Gasteiger partial charge < -0.3 is 19.7 Å². The lowest BCUT2D eigenvalue weighted by Gasteiger charge is -2.32. The lowest BCUT2D eigenvalue weighted by Crippen LogP contribution is -2.41. The fourth-order valence-electron chi connectivity index (χ4n) is 3.68. The molecule has 3 atom stereocenters. The van der Waals surface area contributed by atoms with Gasteiger partial charge in [0.05, 0.1) is 23.9 Å². The molecular formula is C22H25F6N3O6S. The number of carboxylic acid groups (broad SMARTS) is 2. The number of likely N-dealkylation sites (tertiary alicyclic amines) is 1. The number of pyridine rings is 1. The summed E-state index contributed by atoms with van der Waals surface area (Å²) >= 11 is 1.75. The van der Waals surface area contributed by atoms with E-state index in [0.717, 1.165) is 37.4 Å². The summed E-state index contributed by atoms with van der Waals surface area (Å²) in [5, 5.41) is 14.2. The highest BCUT2D eigenvalue weighted by atomic mass is 32.1. The van der Waals surface area contributed by atoms with Crippen LogP contribution in [0.2, 0.25) is 0 Å². The Morgan fingerprint density at radius 1 is 1.13 bits per heavy atom. The van der Waals surface area contributed by atoms with E-state index in [1.807, 2.05) is 30.0 Å². The van der Waals surface area contributed by atoms with Crippen molar-refractivity contribution in [3.63, 3.8) is 0 Å². The zero-order chi connectivity index (χ0) is 28.5. The second kappa shape index (κ2) is 13.8. The van der Waals surface area contributed by atoms with Crippen molar-refractivity contribution < 1.29 is 55.6 Å². The number of aromatic nitrogens is 2. The van der Waals surface area contributed by atoms with Gasteiger partial charge in [-0.25, -0.2) is 14.6 Å². The van der Waals surface area contributed by atoms with Gasteiger partial charge in [-0.3, -0.25) is 9.88 Å². The van der Waals surface area contributed by atoms with Crippen LogP contribution in [0.15, 0.2) is 30.0 Å². The Balaban J connectivity index is 0.000000301. The van der Waals surface area contributed by atoms with Crippen LogP contribution in [0.1, 0.15) is 29.0 Å². The van der Waals surface area contributed by atoms with Gasteiger partial charge in [0.25, 0.3) is 0 Å². The van der Waals surface area contributed by atoms with Crippen molar-refractivity contribution in [2.24, 2.45) is 0 Å². The van der Waals surface area contributed by atoms with Crippen LogP contribution < -0.4 is 0 Å². The first-order valence-corrected chi connectivity index (χ1v) is 11.9. The van der Waals surface area contributed by atoms with Crippen molar-refractivity contribution in [2.75, 3.05) is 13.2 Å². The molecule has 2 aliphatic rings. The van der Waals surface area contributed by atoms with Crippen LogP contribution in [0.25, 0.3) is 0 Å². The molecule has 2 aliphatic heterocycles. The Labute approximate surface area is 217 Å². The number of aryl methyl sites for hydroxylation is 1. The standard InChI is InChI=1S/C18H23N3O2S.2C2HF3O2/c1-13-17(24-12-20-13)10-21-9-16(18-15(21)3-2-8-22-18)23-11-14-4-6-19-7-5-14;2*3-2(4,5)1(6)7/h4-7,12,15-16,18H,2-3,8-11H2,1H3;2*(H,6,7)/t15-,16-,18+;;/m1../s1. The van der Waals surface area contributed by atoms with Crippen molar-refractivity contribution in [1.29, 1.82) is 0 Å². The highest BCUT2D eigenvalue weighted by Gasteiger charge is 2.44. The van der Waals surface area contributed by atoms with Crippen molar-refractivity contribution in [3.8, 4) is 0 Å². The number of hydrogen-bond acceptors (Lipinski definition) is 8. The second-order valence-corrected chi connectivity index (χ2v) is 9.09. The molecule has 0 spiro atoms. The maximum atomic E-state index is 10.6. The average Bonchev–Trinajstić information content (AvgIpc) is 3.41. The monoisotopic (exact) mass is 573 g/mol. The van der Waals surface area contributed by atoms with Crippen molar-refractivity contribution >= 4 is 23.3 Å². The summed E-state index contributed by atoms with van der Waals surface area (Å²) in [6.07, 6.45) is -3.89. The van der Waals surface area contributed by atoms with Crippen LogP contribution in [0.5, 0.6) is 0 Å². The van der Waals surface area contributed by atoms with E-state index in [1.54, 1.807) is 11.3 Å². The Morgan fingerprint density at radius 2 is 1.71 bits per heavy atom. The lowest BCUT2D eigenvalue weighted by molar-refractivity contribution is -0.193. The summed E-state index contributed by atoms with van der Waals surface area (Å²) in [6.45, 7) is 5.44. The van der Waals surface area contributed by atoms with Gasteiger partial charge in [0.2, 0.25) is 0 Å². The van der Waals surface area contributed by atoms with Crippen molar-refractivity contribution in [2.45, 2.75) is 63.5 Å². The van der Waals surface area contributed by atoms with Gasteiger partial charge in [-0.1, -0.05) is 0 Å². The quantitative estimate of drug-likeness (QED) is 0.510. The van der Waals surface area contributed by atoms with Crippen LogP contribution in [-0.4, -0.2) is 80.8 Å². The van der Waals surface area contributed by atoms with Crippen molar-refractivity contribution in [1.82, 2.24) is 14.9 Å². The summed E-state index contributed by atoms with van der Waals surface area (Å²) in [7, 11) is 0. The first-order chi connectivity index (χ1) is 17.7. The van der Waals surface area contributed by atoms with E-state index in [2.05, 4.69) is 21.8 Å². The molecule has 2 saturated heterocycles. The number of hydrogen-bond donors (Lipinski definition) is 2. The molecule has 9 nitrogen and oxygen atoms in total. The molecule has 0 radical (unpaired) electrons. The number of carboxylic acids is 2. The van der Waals surface area contributed by atoms with Gasteiger partial charge in [0.15, 0.2) is 0 Å². The van der Waals surface area contributed by atoms with Gasteiger partial charge >= 0.3 is 24.3 Å². The van der Waals surface area contributed by atoms with Gasteiger partial charge in [-0.05, 0) is 37.5 Å². The van der Waals surface area contributed by atoms with Crippen LogP contribution in [-0.2, 0) is 32.2 Å². The fraction of sp³-hybridized carbons (Fsp3) is 0.545. The molecule has 0 amide bonds. The maximum Gasteiger partial charge on any atom is 0.490 e. The zero-order valence-electron chi connectivity index (χ0n) is 19.9. The zero-order valence-corrected chi connectivity index (χ0v) is 20.7. The van der Waals surface area contributed by atoms with Gasteiger partial charge in [0, 0.05) is 43.0 Å². The molecule has 4 rings (SSSR count). The molecule has 2 aromatic heterocycles. The number of carbonyl (C=O) groups is 2. The average molecular weight is 574 g/mol. The molecule has 2 N–H and O–H groups in total. The molecule has 2 aromatic rings. The summed E-state index contributed by atoms with van der Waals surface area (Å²) < 4.78 is 75.8. The predicted molar refractivity (Wildman–Crippen MR) is 120 cm³/mol. The van der Waals surface area contributed by atoms with Gasteiger partial charge in [-0.2, -0.15) is 26.3 Å². The molecule has 0 aliphatic carbocycles. The highest BCUT2D eigenvalue weighted by Crippen LogP contribution is 2.33. The molecule has 16 heteroatoms. The molecule has 0 aromatic carbocycles. The molecule has 2 fully saturated rings. The number of fused-ring (bicyclic) bond motifs is 1. The van der Waals surface area contributed by atoms with Crippen LogP contribution >= 0.6 is 11.3 Å². The topological polar surface area (TPSA) is 122 Å². The second-order valence-electron chi connectivity index (χ2n) is 8.15. The number of halogens is 6. The third kappa shape index (κ3) is 9.81. The Hall–Kier alpha value is -2.82. The van der Waals surface area contributed by atoms with Crippen LogP contribution in [0.3, 0.4) is 0 Å². The van der Waals surface area contributed by atoms with Crippen LogP contribution in [0, 0.1) is 6.92 Å². The number of aliphatic carboxylic acids is 2. The molecule has 0 saturated carbocycles. The van der Waals surface area contributed by atoms with E-state index >= 15 is 0 Å². The van der Waals surface area contributed by atoms with Crippen LogP contribution in [0.4, 0.5) is 26.3 Å². The van der Waals surface area contributed by atoms with Crippen molar-refractivity contribution in [3.05, 3.63) is 46.2 Å². The Bertz CT molecular complexity index is 1010. The molecule has 0 bridgehead atoms. The number of ether oxygens (including phenoxy) is 2. The number of alkyl halides is 6. The first-order valence-electron chi connectivity index (χ1n) is 11.1. The van der Waals surface area contributed by atoms with E-state index in [1.165, 1.54) is 11.3 Å². The molecule has 0 unspecified atom stereocenters. The van der Waals surface area contributed by atoms with E-state index in [9.17, 15) is 26.3 Å². The van der Waals surface area contributed by atoms with E-state index in [0.29, 0.717) is 12.6 Å². The number of nitrogens with zero attached hydrogens (tertiary/aromatic N) is 3. The van der Waals surface area contributed by atoms with E-state index in [-0.39, 0.29) is 12.2 Å². The van der Waals surface area contributed by atoms with E-state index in [4.69, 9.17) is 29.3 Å². The fourth-order valence-corrected chi connectivity index (χ4v) is 4.48. The summed E-state index contributed by atoms with van der Waals surface area (Å²) in [5.41, 5.74) is 4.25.